The van der Waals surface area contributed by atoms with Crippen LogP contribution >= 0.6 is 0 Å². The quantitative estimate of drug-likeness (QED) is 0.595. The van der Waals surface area contributed by atoms with E-state index in [-0.39, 0.29) is 0 Å². The maximum Gasteiger partial charge on any atom is -0.00733 e. The molecule has 0 saturated heterocycles. The molecule has 0 aliphatic rings. The zero-order chi connectivity index (χ0) is 7.98. The van der Waals surface area contributed by atoms with Gasteiger partial charge in [0.15, 0.2) is 0 Å². The van der Waals surface area contributed by atoms with Gasteiger partial charge < -0.3 is 5.73 Å². The summed E-state index contributed by atoms with van der Waals surface area (Å²) in [5.41, 5.74) is 6.57. The van der Waals surface area contributed by atoms with E-state index in [9.17, 15) is 0 Å². The van der Waals surface area contributed by atoms with Gasteiger partial charge in [-0.3, -0.25) is 0 Å². The summed E-state index contributed by atoms with van der Waals surface area (Å²) >= 11 is 0. The van der Waals surface area contributed by atoms with Crippen molar-refractivity contribution >= 4 is 0 Å². The van der Waals surface area contributed by atoms with E-state index in [1.165, 1.54) is 5.57 Å². The number of hydrogen-bond acceptors (Lipinski definition) is 1. The fourth-order valence-electron chi connectivity index (χ4n) is 0.657. The van der Waals surface area contributed by atoms with Gasteiger partial charge in [0.25, 0.3) is 0 Å². The van der Waals surface area contributed by atoms with Crippen molar-refractivity contribution in [3.63, 3.8) is 0 Å². The highest BCUT2D eigenvalue weighted by molar-refractivity contribution is 4.95. The third kappa shape index (κ3) is 4.19. The lowest BCUT2D eigenvalue weighted by molar-refractivity contribution is 0.645. The largest absolute Gasteiger partial charge is 0.405 e. The van der Waals surface area contributed by atoms with Crippen molar-refractivity contribution in [2.45, 2.75) is 26.7 Å². The summed E-state index contributed by atoms with van der Waals surface area (Å²) < 4.78 is 0. The Morgan fingerprint density at radius 3 is 2.70 bits per heavy atom. The van der Waals surface area contributed by atoms with Gasteiger partial charge in [-0.05, 0) is 31.9 Å². The molecule has 1 nitrogen and oxygen atoms in total. The third-order valence-corrected chi connectivity index (χ3v) is 1.68. The first-order chi connectivity index (χ1) is 4.70. The van der Waals surface area contributed by atoms with Crippen molar-refractivity contribution in [3.05, 3.63) is 24.4 Å². The number of allylic oxidation sites excluding steroid dienone is 2. The normalized spacial score (nSPS) is 14.8. The van der Waals surface area contributed by atoms with Gasteiger partial charge in [0.2, 0.25) is 0 Å². The molecule has 0 heterocycles. The molecule has 0 aromatic heterocycles. The molecule has 0 saturated carbocycles. The fourth-order valence-corrected chi connectivity index (χ4v) is 0.657. The molecule has 0 aromatic carbocycles. The van der Waals surface area contributed by atoms with Gasteiger partial charge in [0.1, 0.15) is 0 Å². The second-order valence-corrected chi connectivity index (χ2v) is 2.76. The van der Waals surface area contributed by atoms with Gasteiger partial charge >= 0.3 is 0 Å². The molecule has 2 N–H and O–H groups in total. The van der Waals surface area contributed by atoms with E-state index in [2.05, 4.69) is 20.4 Å². The predicted molar refractivity (Wildman–Crippen MR) is 46.5 cm³/mol. The summed E-state index contributed by atoms with van der Waals surface area (Å²) in [5, 5.41) is 0. The van der Waals surface area contributed by atoms with Crippen LogP contribution in [0.2, 0.25) is 0 Å². The lowest BCUT2D eigenvalue weighted by Gasteiger charge is -2.04. The molecule has 0 spiro atoms. The van der Waals surface area contributed by atoms with Crippen molar-refractivity contribution in [3.8, 4) is 0 Å². The van der Waals surface area contributed by atoms with E-state index in [1.54, 1.807) is 6.20 Å². The van der Waals surface area contributed by atoms with Crippen molar-refractivity contribution in [1.82, 2.24) is 0 Å². The van der Waals surface area contributed by atoms with Crippen LogP contribution in [0.5, 0.6) is 0 Å². The average Bonchev–Trinajstić information content (AvgIpc) is 1.99. The standard InChI is InChI=1S/C9H17N/c1-4-8(2)5-6-9(3)7-10/h4,7-8H,1,5-6,10H2,2-3H3/b9-7-. The molecule has 10 heavy (non-hydrogen) atoms. The minimum absolute atomic E-state index is 0.606. The van der Waals surface area contributed by atoms with Crippen LogP contribution in [0.4, 0.5) is 0 Å². The molecular formula is C9H17N. The lowest BCUT2D eigenvalue weighted by atomic mass is 10.0. The van der Waals surface area contributed by atoms with E-state index >= 15 is 0 Å². The molecule has 1 atom stereocenters. The van der Waals surface area contributed by atoms with Crippen LogP contribution in [-0.4, -0.2) is 0 Å². The van der Waals surface area contributed by atoms with E-state index in [4.69, 9.17) is 5.73 Å². The maximum atomic E-state index is 5.31. The highest BCUT2D eigenvalue weighted by Crippen LogP contribution is 2.10. The summed E-state index contributed by atoms with van der Waals surface area (Å²) in [4.78, 5) is 0. The van der Waals surface area contributed by atoms with Crippen molar-refractivity contribution < 1.29 is 0 Å². The van der Waals surface area contributed by atoms with Gasteiger partial charge in [-0.2, -0.15) is 0 Å². The van der Waals surface area contributed by atoms with E-state index in [1.807, 2.05) is 6.08 Å². The first kappa shape index (κ1) is 9.28. The molecule has 58 valence electrons. The monoisotopic (exact) mass is 139 g/mol. The van der Waals surface area contributed by atoms with Gasteiger partial charge in [-0.1, -0.05) is 18.6 Å². The molecule has 0 bridgehead atoms. The minimum Gasteiger partial charge on any atom is -0.405 e. The highest BCUT2D eigenvalue weighted by Gasteiger charge is 1.95. The summed E-state index contributed by atoms with van der Waals surface area (Å²) in [6, 6.07) is 0. The minimum atomic E-state index is 0.606. The Labute approximate surface area is 63.6 Å². The Hall–Kier alpha value is -0.720. The Bertz CT molecular complexity index is 125. The molecule has 0 radical (unpaired) electrons. The molecule has 1 heteroatoms. The lowest BCUT2D eigenvalue weighted by Crippen LogP contribution is -1.91. The zero-order valence-electron chi connectivity index (χ0n) is 6.93. The second kappa shape index (κ2) is 5.10. The number of nitrogens with two attached hydrogens (primary N) is 1. The SMILES string of the molecule is C=CC(C)CC/C(C)=C\N. The summed E-state index contributed by atoms with van der Waals surface area (Å²) in [6.07, 6.45) is 5.90. The molecule has 0 aliphatic carbocycles. The first-order valence-electron chi connectivity index (χ1n) is 3.70. The van der Waals surface area contributed by atoms with Crippen LogP contribution in [-0.2, 0) is 0 Å². The maximum absolute atomic E-state index is 5.31. The summed E-state index contributed by atoms with van der Waals surface area (Å²) in [5.74, 6) is 0.606. The number of hydrogen-bond donors (Lipinski definition) is 1. The van der Waals surface area contributed by atoms with Crippen molar-refractivity contribution in [2.75, 3.05) is 0 Å². The molecule has 0 rings (SSSR count). The third-order valence-electron chi connectivity index (χ3n) is 1.68. The van der Waals surface area contributed by atoms with Crippen LogP contribution in [0.25, 0.3) is 0 Å². The van der Waals surface area contributed by atoms with Crippen LogP contribution in [0.3, 0.4) is 0 Å². The Morgan fingerprint density at radius 2 is 2.30 bits per heavy atom. The van der Waals surface area contributed by atoms with Crippen LogP contribution in [0, 0.1) is 5.92 Å². The van der Waals surface area contributed by atoms with Crippen LogP contribution in [0.15, 0.2) is 24.4 Å². The molecular weight excluding hydrogens is 122 g/mol. The van der Waals surface area contributed by atoms with E-state index in [0.29, 0.717) is 5.92 Å². The van der Waals surface area contributed by atoms with Gasteiger partial charge in [-0.15, -0.1) is 6.58 Å². The molecule has 0 aliphatic heterocycles. The molecule has 0 amide bonds. The zero-order valence-corrected chi connectivity index (χ0v) is 6.93. The Kier molecular flexibility index (Phi) is 4.73. The Morgan fingerprint density at radius 1 is 1.70 bits per heavy atom. The smallest absolute Gasteiger partial charge is 0.00733 e. The fraction of sp³-hybridized carbons (Fsp3) is 0.556. The number of rotatable bonds is 4. The topological polar surface area (TPSA) is 26.0 Å². The van der Waals surface area contributed by atoms with Crippen molar-refractivity contribution in [2.24, 2.45) is 11.7 Å². The predicted octanol–water partition coefficient (Wildman–Crippen LogP) is 2.45. The average molecular weight is 139 g/mol. The van der Waals surface area contributed by atoms with Gasteiger partial charge in [0.05, 0.1) is 0 Å². The first-order valence-corrected chi connectivity index (χ1v) is 3.70. The van der Waals surface area contributed by atoms with Gasteiger partial charge in [0, 0.05) is 0 Å². The molecule has 0 aromatic rings. The summed E-state index contributed by atoms with van der Waals surface area (Å²) in [7, 11) is 0. The van der Waals surface area contributed by atoms with E-state index < -0.39 is 0 Å². The Balaban J connectivity index is 3.44. The summed E-state index contributed by atoms with van der Waals surface area (Å²) in [6.45, 7) is 7.93. The van der Waals surface area contributed by atoms with Crippen LogP contribution in [0.1, 0.15) is 26.7 Å². The van der Waals surface area contributed by atoms with E-state index in [0.717, 1.165) is 12.8 Å². The molecule has 1 unspecified atom stereocenters. The second-order valence-electron chi connectivity index (χ2n) is 2.76. The van der Waals surface area contributed by atoms with Gasteiger partial charge in [-0.25, -0.2) is 0 Å². The molecule has 0 fully saturated rings. The van der Waals surface area contributed by atoms with Crippen molar-refractivity contribution in [1.29, 1.82) is 0 Å². The highest BCUT2D eigenvalue weighted by atomic mass is 14.5. The van der Waals surface area contributed by atoms with Crippen LogP contribution < -0.4 is 5.73 Å².